The van der Waals surface area contributed by atoms with Gasteiger partial charge < -0.3 is 10.3 Å². The molecule has 1 amide bonds. The maximum atomic E-state index is 13.2. The smallest absolute Gasteiger partial charge is 0.234 e. The van der Waals surface area contributed by atoms with E-state index in [1.54, 1.807) is 6.07 Å². The number of halogens is 1. The Morgan fingerprint density at radius 1 is 1.50 bits per heavy atom. The first kappa shape index (κ1) is 15.0. The highest BCUT2D eigenvalue weighted by atomic mass is 19.1. The van der Waals surface area contributed by atoms with Gasteiger partial charge in [-0.25, -0.2) is 4.39 Å². The molecule has 1 fully saturated rings. The van der Waals surface area contributed by atoms with Gasteiger partial charge in [-0.1, -0.05) is 12.1 Å². The molecule has 118 valence electrons. The standard InChI is InChI=1S/C16H20FN3O2/c1-2-13(16(18)21)20-7-5-10(6-8-20)15-12-4-3-11(17)9-14(12)22-19-15/h3-4,9-10,13H,2,5-8H2,1H3,(H2,18,21). The lowest BCUT2D eigenvalue weighted by Crippen LogP contribution is -2.47. The zero-order valence-electron chi connectivity index (χ0n) is 12.6. The molecule has 1 aromatic heterocycles. The number of hydrogen-bond donors (Lipinski definition) is 1. The van der Waals surface area contributed by atoms with E-state index in [1.807, 2.05) is 6.92 Å². The number of primary amides is 1. The van der Waals surface area contributed by atoms with Crippen LogP contribution in [-0.4, -0.2) is 35.1 Å². The predicted molar refractivity (Wildman–Crippen MR) is 80.8 cm³/mol. The summed E-state index contributed by atoms with van der Waals surface area (Å²) in [4.78, 5) is 13.6. The number of carbonyl (C=O) groups excluding carboxylic acids is 1. The number of likely N-dealkylation sites (tertiary alicyclic amines) is 1. The summed E-state index contributed by atoms with van der Waals surface area (Å²) in [6.45, 7) is 3.59. The van der Waals surface area contributed by atoms with Crippen LogP contribution in [0, 0.1) is 5.82 Å². The van der Waals surface area contributed by atoms with Gasteiger partial charge in [0.25, 0.3) is 0 Å². The van der Waals surface area contributed by atoms with E-state index in [4.69, 9.17) is 10.3 Å². The van der Waals surface area contributed by atoms with Crippen LogP contribution >= 0.6 is 0 Å². The molecule has 3 rings (SSSR count). The minimum atomic E-state index is -0.322. The van der Waals surface area contributed by atoms with Crippen molar-refractivity contribution in [2.75, 3.05) is 13.1 Å². The molecular formula is C16H20FN3O2. The first-order valence-corrected chi connectivity index (χ1v) is 7.68. The van der Waals surface area contributed by atoms with Crippen molar-refractivity contribution in [3.8, 4) is 0 Å². The van der Waals surface area contributed by atoms with Crippen LogP contribution in [0.25, 0.3) is 11.0 Å². The van der Waals surface area contributed by atoms with Gasteiger partial charge >= 0.3 is 0 Å². The number of nitrogens with two attached hydrogens (primary N) is 1. The first-order chi connectivity index (χ1) is 10.6. The van der Waals surface area contributed by atoms with E-state index in [9.17, 15) is 9.18 Å². The number of amides is 1. The summed E-state index contributed by atoms with van der Waals surface area (Å²) in [7, 11) is 0. The summed E-state index contributed by atoms with van der Waals surface area (Å²) in [6.07, 6.45) is 2.51. The molecule has 5 nitrogen and oxygen atoms in total. The Labute approximate surface area is 128 Å². The predicted octanol–water partition coefficient (Wildman–Crippen LogP) is 2.41. The molecule has 1 saturated heterocycles. The van der Waals surface area contributed by atoms with Crippen LogP contribution in [0.1, 0.15) is 37.8 Å². The number of piperidine rings is 1. The fraction of sp³-hybridized carbons (Fsp3) is 0.500. The Kier molecular flexibility index (Phi) is 4.11. The lowest BCUT2D eigenvalue weighted by Gasteiger charge is -2.35. The summed E-state index contributed by atoms with van der Waals surface area (Å²) in [5.74, 6) is -0.311. The molecule has 2 N–H and O–H groups in total. The van der Waals surface area contributed by atoms with Crippen molar-refractivity contribution in [2.24, 2.45) is 5.73 Å². The molecule has 0 saturated carbocycles. The number of hydrogen-bond acceptors (Lipinski definition) is 4. The van der Waals surface area contributed by atoms with Crippen molar-refractivity contribution in [1.29, 1.82) is 0 Å². The fourth-order valence-electron chi connectivity index (χ4n) is 3.35. The topological polar surface area (TPSA) is 72.4 Å². The van der Waals surface area contributed by atoms with Gasteiger partial charge in [0.2, 0.25) is 5.91 Å². The van der Waals surface area contributed by atoms with Gasteiger partial charge in [0.1, 0.15) is 5.82 Å². The normalized spacial score (nSPS) is 18.6. The Bertz CT molecular complexity index is 677. The van der Waals surface area contributed by atoms with E-state index >= 15 is 0 Å². The van der Waals surface area contributed by atoms with E-state index in [2.05, 4.69) is 10.1 Å². The highest BCUT2D eigenvalue weighted by Gasteiger charge is 2.29. The van der Waals surface area contributed by atoms with Crippen molar-refractivity contribution >= 4 is 16.9 Å². The zero-order valence-corrected chi connectivity index (χ0v) is 12.6. The second kappa shape index (κ2) is 6.04. The highest BCUT2D eigenvalue weighted by Crippen LogP contribution is 2.33. The zero-order chi connectivity index (χ0) is 15.7. The van der Waals surface area contributed by atoms with Crippen molar-refractivity contribution < 1.29 is 13.7 Å². The van der Waals surface area contributed by atoms with E-state index < -0.39 is 0 Å². The summed E-state index contributed by atoms with van der Waals surface area (Å²) in [5, 5.41) is 5.01. The van der Waals surface area contributed by atoms with Crippen LogP contribution in [0.3, 0.4) is 0 Å². The van der Waals surface area contributed by atoms with E-state index in [-0.39, 0.29) is 23.7 Å². The maximum absolute atomic E-state index is 13.2. The molecule has 2 heterocycles. The Morgan fingerprint density at radius 3 is 2.86 bits per heavy atom. The molecule has 1 aromatic carbocycles. The van der Waals surface area contributed by atoms with E-state index in [0.717, 1.165) is 43.4 Å². The lowest BCUT2D eigenvalue weighted by molar-refractivity contribution is -0.123. The lowest BCUT2D eigenvalue weighted by atomic mass is 9.90. The number of aromatic nitrogens is 1. The third-order valence-electron chi connectivity index (χ3n) is 4.53. The monoisotopic (exact) mass is 305 g/mol. The molecular weight excluding hydrogens is 285 g/mol. The number of rotatable bonds is 4. The first-order valence-electron chi connectivity index (χ1n) is 7.68. The average Bonchev–Trinajstić information content (AvgIpc) is 2.91. The summed E-state index contributed by atoms with van der Waals surface area (Å²) < 4.78 is 18.4. The van der Waals surface area contributed by atoms with Crippen LogP contribution in [0.4, 0.5) is 4.39 Å². The third-order valence-corrected chi connectivity index (χ3v) is 4.53. The molecule has 1 aliphatic rings. The van der Waals surface area contributed by atoms with Gasteiger partial charge in [0, 0.05) is 17.4 Å². The molecule has 1 atom stereocenters. The molecule has 2 aromatic rings. The third kappa shape index (κ3) is 2.70. The van der Waals surface area contributed by atoms with E-state index in [1.165, 1.54) is 12.1 Å². The molecule has 1 unspecified atom stereocenters. The van der Waals surface area contributed by atoms with Crippen molar-refractivity contribution in [1.82, 2.24) is 10.1 Å². The SMILES string of the molecule is CCC(C(N)=O)N1CCC(c2noc3cc(F)ccc23)CC1. The Hall–Kier alpha value is -1.95. The Balaban J connectivity index is 1.74. The van der Waals surface area contributed by atoms with Crippen molar-refractivity contribution in [3.05, 3.63) is 29.7 Å². The van der Waals surface area contributed by atoms with Gasteiger partial charge in [-0.05, 0) is 44.5 Å². The maximum Gasteiger partial charge on any atom is 0.234 e. The second-order valence-electron chi connectivity index (χ2n) is 5.84. The molecule has 0 aliphatic carbocycles. The van der Waals surface area contributed by atoms with Gasteiger partial charge in [-0.2, -0.15) is 0 Å². The minimum Gasteiger partial charge on any atom is -0.368 e. The number of carbonyl (C=O) groups is 1. The number of nitrogens with zero attached hydrogens (tertiary/aromatic N) is 2. The van der Waals surface area contributed by atoms with Crippen molar-refractivity contribution in [2.45, 2.75) is 38.1 Å². The largest absolute Gasteiger partial charge is 0.368 e. The van der Waals surface area contributed by atoms with Crippen LogP contribution in [-0.2, 0) is 4.79 Å². The average molecular weight is 305 g/mol. The van der Waals surface area contributed by atoms with Gasteiger partial charge in [-0.3, -0.25) is 9.69 Å². The summed E-state index contributed by atoms with van der Waals surface area (Å²) in [6, 6.07) is 4.32. The fourth-order valence-corrected chi connectivity index (χ4v) is 3.35. The Morgan fingerprint density at radius 2 is 2.23 bits per heavy atom. The van der Waals surface area contributed by atoms with Gasteiger partial charge in [0.15, 0.2) is 5.58 Å². The quantitative estimate of drug-likeness (QED) is 0.941. The van der Waals surface area contributed by atoms with Gasteiger partial charge in [0.05, 0.1) is 11.7 Å². The summed E-state index contributed by atoms with van der Waals surface area (Å²) >= 11 is 0. The summed E-state index contributed by atoms with van der Waals surface area (Å²) in [5.41, 5.74) is 6.83. The molecule has 6 heteroatoms. The minimum absolute atomic E-state index is 0.191. The second-order valence-corrected chi connectivity index (χ2v) is 5.84. The van der Waals surface area contributed by atoms with Crippen LogP contribution in [0.2, 0.25) is 0 Å². The highest BCUT2D eigenvalue weighted by molar-refractivity contribution is 5.80. The molecule has 0 radical (unpaired) electrons. The number of benzene rings is 1. The van der Waals surface area contributed by atoms with Crippen LogP contribution < -0.4 is 5.73 Å². The molecule has 1 aliphatic heterocycles. The molecule has 22 heavy (non-hydrogen) atoms. The van der Waals surface area contributed by atoms with Crippen molar-refractivity contribution in [3.63, 3.8) is 0 Å². The van der Waals surface area contributed by atoms with Crippen LogP contribution in [0.5, 0.6) is 0 Å². The molecule has 0 spiro atoms. The number of fused-ring (bicyclic) bond motifs is 1. The van der Waals surface area contributed by atoms with Gasteiger partial charge in [-0.15, -0.1) is 0 Å². The molecule has 0 bridgehead atoms. The van der Waals surface area contributed by atoms with Crippen LogP contribution in [0.15, 0.2) is 22.7 Å². The van der Waals surface area contributed by atoms with E-state index in [0.29, 0.717) is 5.58 Å².